The normalized spacial score (nSPS) is 10.3. The molecule has 98 valence electrons. The summed E-state index contributed by atoms with van der Waals surface area (Å²) in [5, 5.41) is 0. The fourth-order valence-electron chi connectivity index (χ4n) is 2.06. The first-order chi connectivity index (χ1) is 8.97. The summed E-state index contributed by atoms with van der Waals surface area (Å²) < 4.78 is 0. The molecule has 19 heavy (non-hydrogen) atoms. The average Bonchev–Trinajstić information content (AvgIpc) is 2.35. The van der Waals surface area contributed by atoms with Gasteiger partial charge in [-0.05, 0) is 74.2 Å². The van der Waals surface area contributed by atoms with Gasteiger partial charge in [0.2, 0.25) is 0 Å². The number of rotatable bonds is 2. The molecular weight excluding hydrogens is 232 g/mol. The molecule has 2 N–H and O–H groups in total. The van der Waals surface area contributed by atoms with Crippen molar-refractivity contribution in [2.24, 2.45) is 4.99 Å². The van der Waals surface area contributed by atoms with Gasteiger partial charge in [0.05, 0.1) is 5.69 Å². The maximum Gasteiger partial charge on any atom is 0.0658 e. The molecule has 2 rings (SSSR count). The first-order valence-corrected chi connectivity index (χ1v) is 6.46. The molecule has 0 heterocycles. The number of anilines is 1. The van der Waals surface area contributed by atoms with Gasteiger partial charge in [-0.3, -0.25) is 4.99 Å². The Kier molecular flexibility index (Phi) is 3.70. The van der Waals surface area contributed by atoms with Crippen LogP contribution in [0.3, 0.4) is 0 Å². The average molecular weight is 252 g/mol. The Hall–Kier alpha value is -2.09. The zero-order chi connectivity index (χ0) is 14.0. The SMILES string of the molecule is CC(C)=Nc1ccc(-c2ccc(N)c(C)c2)cc1C. The predicted octanol–water partition coefficient (Wildman–Crippen LogP) is 4.66. The van der Waals surface area contributed by atoms with Gasteiger partial charge in [0.1, 0.15) is 0 Å². The van der Waals surface area contributed by atoms with Gasteiger partial charge in [-0.1, -0.05) is 12.1 Å². The van der Waals surface area contributed by atoms with Crippen LogP contribution in [0.5, 0.6) is 0 Å². The van der Waals surface area contributed by atoms with E-state index in [4.69, 9.17) is 5.73 Å². The maximum atomic E-state index is 5.86. The molecule has 0 saturated carbocycles. The molecule has 0 saturated heterocycles. The molecule has 0 bridgehead atoms. The zero-order valence-corrected chi connectivity index (χ0v) is 12.0. The Morgan fingerprint density at radius 3 is 2.00 bits per heavy atom. The fraction of sp³-hybridized carbons (Fsp3) is 0.235. The Bertz CT molecular complexity index is 636. The van der Waals surface area contributed by atoms with Crippen molar-refractivity contribution in [3.05, 3.63) is 47.5 Å². The summed E-state index contributed by atoms with van der Waals surface area (Å²) in [5.74, 6) is 0. The topological polar surface area (TPSA) is 38.4 Å². The number of nitrogens with zero attached hydrogens (tertiary/aromatic N) is 1. The monoisotopic (exact) mass is 252 g/mol. The predicted molar refractivity (Wildman–Crippen MR) is 84.2 cm³/mol. The van der Waals surface area contributed by atoms with Gasteiger partial charge in [-0.25, -0.2) is 0 Å². The van der Waals surface area contributed by atoms with Crippen molar-refractivity contribution in [1.29, 1.82) is 0 Å². The molecule has 0 aliphatic carbocycles. The van der Waals surface area contributed by atoms with Crippen molar-refractivity contribution < 1.29 is 0 Å². The minimum atomic E-state index is 0.836. The lowest BCUT2D eigenvalue weighted by Crippen LogP contribution is -1.90. The molecule has 0 unspecified atom stereocenters. The van der Waals surface area contributed by atoms with E-state index >= 15 is 0 Å². The van der Waals surface area contributed by atoms with Crippen LogP contribution < -0.4 is 5.73 Å². The van der Waals surface area contributed by atoms with Crippen molar-refractivity contribution in [2.75, 3.05) is 5.73 Å². The van der Waals surface area contributed by atoms with Crippen molar-refractivity contribution in [3.63, 3.8) is 0 Å². The van der Waals surface area contributed by atoms with Crippen LogP contribution in [0.4, 0.5) is 11.4 Å². The van der Waals surface area contributed by atoms with Crippen LogP contribution in [0.1, 0.15) is 25.0 Å². The Labute approximate surface area is 115 Å². The third-order valence-electron chi connectivity index (χ3n) is 3.14. The number of aryl methyl sites for hydroxylation is 2. The van der Waals surface area contributed by atoms with Crippen LogP contribution in [-0.4, -0.2) is 5.71 Å². The maximum absolute atomic E-state index is 5.86. The molecule has 0 aliphatic heterocycles. The molecule has 2 aromatic rings. The zero-order valence-electron chi connectivity index (χ0n) is 12.0. The van der Waals surface area contributed by atoms with Gasteiger partial charge < -0.3 is 5.73 Å². The summed E-state index contributed by atoms with van der Waals surface area (Å²) in [6.07, 6.45) is 0. The first kappa shape index (κ1) is 13.3. The van der Waals surface area contributed by atoms with E-state index in [1.165, 1.54) is 16.7 Å². The molecular formula is C17H20N2. The van der Waals surface area contributed by atoms with Crippen molar-refractivity contribution >= 4 is 17.1 Å². The van der Waals surface area contributed by atoms with Crippen LogP contribution in [0.2, 0.25) is 0 Å². The van der Waals surface area contributed by atoms with E-state index in [2.05, 4.69) is 42.2 Å². The molecule has 0 amide bonds. The van der Waals surface area contributed by atoms with Gasteiger partial charge in [0.25, 0.3) is 0 Å². The molecule has 0 radical (unpaired) electrons. The minimum Gasteiger partial charge on any atom is -0.399 e. The lowest BCUT2D eigenvalue weighted by molar-refractivity contribution is 1.38. The minimum absolute atomic E-state index is 0.836. The Balaban J connectivity index is 2.44. The molecule has 0 aromatic heterocycles. The molecule has 0 spiro atoms. The van der Waals surface area contributed by atoms with E-state index in [1.54, 1.807) is 0 Å². The lowest BCUT2D eigenvalue weighted by Gasteiger charge is -2.08. The van der Waals surface area contributed by atoms with Gasteiger partial charge >= 0.3 is 0 Å². The summed E-state index contributed by atoms with van der Waals surface area (Å²) in [7, 11) is 0. The highest BCUT2D eigenvalue weighted by Gasteiger charge is 2.03. The van der Waals surface area contributed by atoms with E-state index < -0.39 is 0 Å². The summed E-state index contributed by atoms with van der Waals surface area (Å²) in [6, 6.07) is 12.5. The third-order valence-corrected chi connectivity index (χ3v) is 3.14. The second kappa shape index (κ2) is 5.27. The highest BCUT2D eigenvalue weighted by Crippen LogP contribution is 2.28. The van der Waals surface area contributed by atoms with Gasteiger partial charge in [0.15, 0.2) is 0 Å². The molecule has 0 aliphatic rings. The van der Waals surface area contributed by atoms with Gasteiger partial charge in [0, 0.05) is 11.4 Å². The lowest BCUT2D eigenvalue weighted by atomic mass is 10.00. The van der Waals surface area contributed by atoms with E-state index in [1.807, 2.05) is 26.8 Å². The number of nitrogen functional groups attached to an aromatic ring is 1. The van der Waals surface area contributed by atoms with Crippen molar-refractivity contribution in [2.45, 2.75) is 27.7 Å². The van der Waals surface area contributed by atoms with Crippen LogP contribution in [0, 0.1) is 13.8 Å². The van der Waals surface area contributed by atoms with Crippen molar-refractivity contribution in [3.8, 4) is 11.1 Å². The van der Waals surface area contributed by atoms with E-state index in [0.717, 1.165) is 22.6 Å². The largest absolute Gasteiger partial charge is 0.399 e. The van der Waals surface area contributed by atoms with E-state index in [-0.39, 0.29) is 0 Å². The standard InChI is InChI=1S/C17H20N2/c1-11(2)19-17-8-6-15(10-13(17)4)14-5-7-16(18)12(3)9-14/h5-10H,18H2,1-4H3. The van der Waals surface area contributed by atoms with Crippen LogP contribution in [-0.2, 0) is 0 Å². The van der Waals surface area contributed by atoms with Crippen molar-refractivity contribution in [1.82, 2.24) is 0 Å². The fourth-order valence-corrected chi connectivity index (χ4v) is 2.06. The van der Waals surface area contributed by atoms with Gasteiger partial charge in [-0.15, -0.1) is 0 Å². The highest BCUT2D eigenvalue weighted by atomic mass is 14.7. The van der Waals surface area contributed by atoms with Gasteiger partial charge in [-0.2, -0.15) is 0 Å². The molecule has 2 nitrogen and oxygen atoms in total. The molecule has 0 fully saturated rings. The van der Waals surface area contributed by atoms with E-state index in [9.17, 15) is 0 Å². The number of hydrogen-bond acceptors (Lipinski definition) is 2. The second-order valence-electron chi connectivity index (χ2n) is 5.13. The summed E-state index contributed by atoms with van der Waals surface area (Å²) >= 11 is 0. The summed E-state index contributed by atoms with van der Waals surface area (Å²) in [4.78, 5) is 4.52. The third kappa shape index (κ3) is 3.02. The van der Waals surface area contributed by atoms with E-state index in [0.29, 0.717) is 0 Å². The number of aliphatic imine (C=N–C) groups is 1. The summed E-state index contributed by atoms with van der Waals surface area (Å²) in [5.41, 5.74) is 13.5. The Morgan fingerprint density at radius 2 is 1.47 bits per heavy atom. The Morgan fingerprint density at radius 1 is 0.895 bits per heavy atom. The highest BCUT2D eigenvalue weighted by molar-refractivity contribution is 5.83. The van der Waals surface area contributed by atoms with Crippen LogP contribution in [0.15, 0.2) is 41.4 Å². The molecule has 2 aromatic carbocycles. The second-order valence-corrected chi connectivity index (χ2v) is 5.13. The van der Waals surface area contributed by atoms with Crippen LogP contribution in [0.25, 0.3) is 11.1 Å². The number of nitrogens with two attached hydrogens (primary N) is 1. The number of hydrogen-bond donors (Lipinski definition) is 1. The number of benzene rings is 2. The molecule has 0 atom stereocenters. The quantitative estimate of drug-likeness (QED) is 0.612. The first-order valence-electron chi connectivity index (χ1n) is 6.46. The molecule has 2 heteroatoms. The summed E-state index contributed by atoms with van der Waals surface area (Å²) in [6.45, 7) is 8.15. The van der Waals surface area contributed by atoms with Crippen LogP contribution >= 0.6 is 0 Å². The smallest absolute Gasteiger partial charge is 0.0658 e.